The van der Waals surface area contributed by atoms with Gasteiger partial charge in [0.1, 0.15) is 18.2 Å². The van der Waals surface area contributed by atoms with Gasteiger partial charge >= 0.3 is 0 Å². The fourth-order valence-corrected chi connectivity index (χ4v) is 6.93. The molecule has 200 valence electrons. The highest BCUT2D eigenvalue weighted by Gasteiger charge is 2.26. The summed E-state index contributed by atoms with van der Waals surface area (Å²) in [6.45, 7) is 2.13. The summed E-state index contributed by atoms with van der Waals surface area (Å²) in [7, 11) is 2.06. The zero-order chi connectivity index (χ0) is 27.9. The highest BCUT2D eigenvalue weighted by molar-refractivity contribution is 6.14. The summed E-state index contributed by atoms with van der Waals surface area (Å²) in [5, 5.41) is 12.2. The number of nitriles is 1. The molecule has 2 heterocycles. The molecule has 2 atom stereocenters. The van der Waals surface area contributed by atoms with Crippen molar-refractivity contribution >= 4 is 21.9 Å². The average Bonchev–Trinajstić information content (AvgIpc) is 3.40. The number of nitrogens with zero attached hydrogens (tertiary/aromatic N) is 2. The fraction of sp³-hybridized carbons (Fsp3) is 0.211. The summed E-state index contributed by atoms with van der Waals surface area (Å²) in [4.78, 5) is 0. The van der Waals surface area contributed by atoms with Crippen LogP contribution in [0.4, 0.5) is 0 Å². The van der Waals surface area contributed by atoms with Gasteiger partial charge < -0.3 is 4.42 Å². The first-order valence-electron chi connectivity index (χ1n) is 14.6. The van der Waals surface area contributed by atoms with E-state index in [9.17, 15) is 5.26 Å². The van der Waals surface area contributed by atoms with Crippen molar-refractivity contribution in [3.8, 4) is 28.5 Å². The molecule has 0 radical (unpaired) electrons. The number of aryl methyl sites for hydroxylation is 2. The van der Waals surface area contributed by atoms with Gasteiger partial charge in [0.05, 0.1) is 17.2 Å². The number of furan rings is 1. The van der Waals surface area contributed by atoms with Crippen molar-refractivity contribution in [2.75, 3.05) is 0 Å². The van der Waals surface area contributed by atoms with Crippen LogP contribution in [0.5, 0.6) is 0 Å². The predicted octanol–water partition coefficient (Wildman–Crippen LogP) is 9.37. The maximum atomic E-state index is 10.1. The summed E-state index contributed by atoms with van der Waals surface area (Å²) < 4.78 is 8.87. The predicted molar refractivity (Wildman–Crippen MR) is 166 cm³/mol. The van der Waals surface area contributed by atoms with Crippen molar-refractivity contribution in [2.45, 2.75) is 44.4 Å². The normalized spacial score (nSPS) is 17.1. The monoisotopic (exact) mass is 533 g/mol. The lowest BCUT2D eigenvalue weighted by molar-refractivity contribution is -0.660. The van der Waals surface area contributed by atoms with Crippen LogP contribution in [0.3, 0.4) is 0 Å². The van der Waals surface area contributed by atoms with Gasteiger partial charge in [0.2, 0.25) is 5.69 Å². The zero-order valence-electron chi connectivity index (χ0n) is 23.6. The first-order valence-corrected chi connectivity index (χ1v) is 14.6. The second-order valence-electron chi connectivity index (χ2n) is 11.5. The third-order valence-corrected chi connectivity index (χ3v) is 9.07. The van der Waals surface area contributed by atoms with Gasteiger partial charge in [-0.15, -0.1) is 0 Å². The van der Waals surface area contributed by atoms with E-state index in [0.717, 1.165) is 49.9 Å². The molecule has 1 aliphatic rings. The Morgan fingerprint density at radius 2 is 1.39 bits per heavy atom. The maximum absolute atomic E-state index is 10.1. The number of fused-ring (bicyclic) bond motifs is 3. The molecule has 6 aromatic rings. The molecule has 0 aliphatic heterocycles. The van der Waals surface area contributed by atoms with Gasteiger partial charge in [0.25, 0.3) is 0 Å². The first-order chi connectivity index (χ1) is 20.1. The largest absolute Gasteiger partial charge is 0.454 e. The van der Waals surface area contributed by atoms with E-state index in [0.29, 0.717) is 17.4 Å². The Hall–Kier alpha value is -4.68. The van der Waals surface area contributed by atoms with Crippen LogP contribution in [0.25, 0.3) is 44.3 Å². The first kappa shape index (κ1) is 25.3. The van der Waals surface area contributed by atoms with E-state index in [1.807, 2.05) is 18.2 Å². The lowest BCUT2D eigenvalue weighted by Gasteiger charge is -2.30. The third kappa shape index (κ3) is 4.41. The molecule has 2 aromatic heterocycles. The quantitative estimate of drug-likeness (QED) is 0.212. The van der Waals surface area contributed by atoms with Crippen LogP contribution in [0, 0.1) is 18.3 Å². The maximum Gasteiger partial charge on any atom is 0.216 e. The van der Waals surface area contributed by atoms with Crippen LogP contribution in [-0.4, -0.2) is 0 Å². The molecule has 2 unspecified atom stereocenters. The molecule has 3 nitrogen and oxygen atoms in total. The summed E-state index contributed by atoms with van der Waals surface area (Å²) >= 11 is 0. The van der Waals surface area contributed by atoms with Crippen molar-refractivity contribution in [3.05, 3.63) is 126 Å². The number of rotatable bonds is 4. The van der Waals surface area contributed by atoms with Gasteiger partial charge in [-0.2, -0.15) is 5.26 Å². The third-order valence-electron chi connectivity index (χ3n) is 9.07. The molecular weight excluding hydrogens is 500 g/mol. The Morgan fingerprint density at radius 1 is 0.732 bits per heavy atom. The standard InChI is InChI=1S/C38H33N2O/c1-25-14-20-32-33-21-19-31(24-39)36(38(33)41-37(32)35(25)34-13-6-7-22-40(34)2)28-17-15-27(16-18-28)30-12-8-11-29(23-30)26-9-4-3-5-10-26/h3-7,9-10,13-22,29-30H,8,11-12,23H2,1-2H3/q+1. The molecule has 0 bridgehead atoms. The Balaban J connectivity index is 1.31. The highest BCUT2D eigenvalue weighted by atomic mass is 16.3. The second-order valence-corrected chi connectivity index (χ2v) is 11.5. The molecule has 1 aliphatic carbocycles. The second kappa shape index (κ2) is 10.4. The van der Waals surface area contributed by atoms with Gasteiger partial charge in [0, 0.05) is 28.5 Å². The van der Waals surface area contributed by atoms with Crippen LogP contribution < -0.4 is 4.57 Å². The molecule has 0 N–H and O–H groups in total. The van der Waals surface area contributed by atoms with Crippen LogP contribution in [0.1, 0.15) is 59.8 Å². The SMILES string of the molecule is Cc1ccc2c(oc3c(-c4ccc(C5CCCC(c6ccccc6)C5)cc4)c(C#N)ccc32)c1-c1cccc[n+]1C. The van der Waals surface area contributed by atoms with Gasteiger partial charge in [0.15, 0.2) is 6.20 Å². The fourth-order valence-electron chi connectivity index (χ4n) is 6.93. The van der Waals surface area contributed by atoms with E-state index in [-0.39, 0.29) is 0 Å². The number of hydrogen-bond donors (Lipinski definition) is 0. The summed E-state index contributed by atoms with van der Waals surface area (Å²) in [5.74, 6) is 1.17. The summed E-state index contributed by atoms with van der Waals surface area (Å²) in [6.07, 6.45) is 6.99. The van der Waals surface area contributed by atoms with E-state index < -0.39 is 0 Å². The molecule has 4 aromatic carbocycles. The summed E-state index contributed by atoms with van der Waals surface area (Å²) in [5.41, 5.74) is 10.4. The van der Waals surface area contributed by atoms with Crippen molar-refractivity contribution in [3.63, 3.8) is 0 Å². The Kier molecular flexibility index (Phi) is 6.40. The molecule has 3 heteroatoms. The van der Waals surface area contributed by atoms with Crippen molar-refractivity contribution < 1.29 is 8.98 Å². The Bertz CT molecular complexity index is 1930. The number of hydrogen-bond acceptors (Lipinski definition) is 2. The summed E-state index contributed by atoms with van der Waals surface area (Å²) in [6, 6.07) is 36.8. The van der Waals surface area contributed by atoms with Crippen molar-refractivity contribution in [1.82, 2.24) is 0 Å². The topological polar surface area (TPSA) is 40.8 Å². The van der Waals surface area contributed by atoms with E-state index in [1.165, 1.54) is 36.8 Å². The Labute approximate surface area is 241 Å². The number of benzene rings is 4. The average molecular weight is 534 g/mol. The number of pyridine rings is 1. The van der Waals surface area contributed by atoms with Crippen LogP contribution in [0.15, 0.2) is 108 Å². The van der Waals surface area contributed by atoms with Crippen molar-refractivity contribution in [2.24, 2.45) is 7.05 Å². The molecule has 0 saturated heterocycles. The Morgan fingerprint density at radius 3 is 2.10 bits per heavy atom. The van der Waals surface area contributed by atoms with E-state index in [4.69, 9.17) is 4.42 Å². The van der Waals surface area contributed by atoms with Gasteiger partial charge in [-0.05, 0) is 78.5 Å². The zero-order valence-corrected chi connectivity index (χ0v) is 23.6. The lowest BCUT2D eigenvalue weighted by atomic mass is 9.75. The lowest BCUT2D eigenvalue weighted by Crippen LogP contribution is -2.30. The van der Waals surface area contributed by atoms with E-state index in [1.54, 1.807) is 0 Å². The minimum atomic E-state index is 0.553. The van der Waals surface area contributed by atoms with E-state index in [2.05, 4.69) is 110 Å². The molecule has 7 rings (SSSR count). The molecule has 0 amide bonds. The van der Waals surface area contributed by atoms with Gasteiger partial charge in [-0.3, -0.25) is 0 Å². The van der Waals surface area contributed by atoms with Crippen LogP contribution in [0.2, 0.25) is 0 Å². The minimum Gasteiger partial charge on any atom is -0.454 e. The van der Waals surface area contributed by atoms with E-state index >= 15 is 0 Å². The molecule has 41 heavy (non-hydrogen) atoms. The smallest absolute Gasteiger partial charge is 0.216 e. The molecule has 1 saturated carbocycles. The molecule has 0 spiro atoms. The van der Waals surface area contributed by atoms with Crippen LogP contribution in [-0.2, 0) is 7.05 Å². The molecular formula is C38H33N2O+. The highest BCUT2D eigenvalue weighted by Crippen LogP contribution is 2.44. The molecule has 1 fully saturated rings. The van der Waals surface area contributed by atoms with Crippen molar-refractivity contribution in [1.29, 1.82) is 5.26 Å². The van der Waals surface area contributed by atoms with Gasteiger partial charge in [-0.25, -0.2) is 4.57 Å². The van der Waals surface area contributed by atoms with Gasteiger partial charge in [-0.1, -0.05) is 73.2 Å². The number of aromatic nitrogens is 1. The van der Waals surface area contributed by atoms with Crippen LogP contribution >= 0.6 is 0 Å². The minimum absolute atomic E-state index is 0.553.